The number of aliphatic hydroxyl groups excluding tert-OH is 1. The molecule has 0 aromatic carbocycles. The molecule has 0 aromatic heterocycles. The van der Waals surface area contributed by atoms with Gasteiger partial charge in [-0.25, -0.2) is 0 Å². The molecule has 1 amide bonds. The van der Waals surface area contributed by atoms with Gasteiger partial charge >= 0.3 is 0 Å². The Morgan fingerprint density at radius 3 is 2.62 bits per heavy atom. The maximum atomic E-state index is 11.8. The first kappa shape index (κ1) is 14.9. The van der Waals surface area contributed by atoms with Gasteiger partial charge in [-0.15, -0.1) is 0 Å². The average molecular weight is 226 g/mol. The summed E-state index contributed by atoms with van der Waals surface area (Å²) in [4.78, 5) is 13.4. The van der Waals surface area contributed by atoms with Crippen LogP contribution in [0.25, 0.3) is 0 Å². The third-order valence-corrected chi connectivity index (χ3v) is 2.56. The largest absolute Gasteiger partial charge is 0.396 e. The second kappa shape index (κ2) is 9.17. The Balaban J connectivity index is 3.92. The van der Waals surface area contributed by atoms with Crippen molar-refractivity contribution in [1.29, 1.82) is 5.26 Å². The predicted molar refractivity (Wildman–Crippen MR) is 62.6 cm³/mol. The van der Waals surface area contributed by atoms with Gasteiger partial charge in [0, 0.05) is 20.2 Å². The molecule has 1 N–H and O–H groups in total. The Hall–Kier alpha value is -1.08. The lowest BCUT2D eigenvalue weighted by Gasteiger charge is -2.19. The Bertz CT molecular complexity index is 236. The lowest BCUT2D eigenvalue weighted by atomic mass is 10.0. The second-order valence-corrected chi connectivity index (χ2v) is 4.01. The molecular formula is C12H22N2O2. The van der Waals surface area contributed by atoms with Crippen LogP contribution in [0.2, 0.25) is 0 Å². The summed E-state index contributed by atoms with van der Waals surface area (Å²) in [7, 11) is 1.74. The molecule has 16 heavy (non-hydrogen) atoms. The first-order valence-corrected chi connectivity index (χ1v) is 5.92. The fourth-order valence-electron chi connectivity index (χ4n) is 1.55. The van der Waals surface area contributed by atoms with Crippen LogP contribution in [-0.2, 0) is 4.79 Å². The zero-order chi connectivity index (χ0) is 12.4. The van der Waals surface area contributed by atoms with Gasteiger partial charge in [-0.3, -0.25) is 4.79 Å². The highest BCUT2D eigenvalue weighted by Gasteiger charge is 2.20. The lowest BCUT2D eigenvalue weighted by Crippen LogP contribution is -2.33. The predicted octanol–water partition coefficient (Wildman–Crippen LogP) is 1.55. The highest BCUT2D eigenvalue weighted by atomic mass is 16.2. The zero-order valence-electron chi connectivity index (χ0n) is 10.3. The second-order valence-electron chi connectivity index (χ2n) is 4.01. The van der Waals surface area contributed by atoms with Gasteiger partial charge in [0.1, 0.15) is 5.92 Å². The monoisotopic (exact) mass is 226 g/mol. The molecule has 0 fully saturated rings. The molecule has 1 unspecified atom stereocenters. The minimum Gasteiger partial charge on any atom is -0.396 e. The van der Waals surface area contributed by atoms with E-state index in [0.717, 1.165) is 25.7 Å². The molecule has 0 aliphatic rings. The number of carbonyl (C=O) groups is 1. The van der Waals surface area contributed by atoms with Crippen molar-refractivity contribution in [3.63, 3.8) is 0 Å². The maximum absolute atomic E-state index is 11.8. The van der Waals surface area contributed by atoms with E-state index in [1.807, 2.05) is 6.92 Å². The molecule has 0 aliphatic heterocycles. The van der Waals surface area contributed by atoms with E-state index in [4.69, 9.17) is 10.4 Å². The number of amides is 1. The van der Waals surface area contributed by atoms with E-state index < -0.39 is 5.92 Å². The molecule has 4 heteroatoms. The molecule has 0 aromatic rings. The summed E-state index contributed by atoms with van der Waals surface area (Å²) < 4.78 is 0. The molecule has 0 saturated carbocycles. The molecule has 1 atom stereocenters. The molecule has 0 radical (unpaired) electrons. The summed E-state index contributed by atoms with van der Waals surface area (Å²) in [6, 6.07) is 2.05. The Labute approximate surface area is 97.9 Å². The number of rotatable bonds is 8. The molecule has 4 nitrogen and oxygen atoms in total. The Kier molecular flexibility index (Phi) is 8.55. The van der Waals surface area contributed by atoms with Crippen LogP contribution in [0.3, 0.4) is 0 Å². The normalized spacial score (nSPS) is 11.9. The minimum atomic E-state index is -0.493. The average Bonchev–Trinajstić information content (AvgIpc) is 2.30. The number of nitriles is 1. The van der Waals surface area contributed by atoms with Gasteiger partial charge in [0.05, 0.1) is 6.07 Å². The van der Waals surface area contributed by atoms with Crippen molar-refractivity contribution in [2.24, 2.45) is 5.92 Å². The number of nitrogens with zero attached hydrogens (tertiary/aromatic N) is 2. The van der Waals surface area contributed by atoms with Crippen molar-refractivity contribution in [3.8, 4) is 6.07 Å². The number of aliphatic hydroxyl groups is 1. The smallest absolute Gasteiger partial charge is 0.239 e. The summed E-state index contributed by atoms with van der Waals surface area (Å²) in [5.41, 5.74) is 0. The number of hydrogen-bond donors (Lipinski definition) is 1. The van der Waals surface area contributed by atoms with Crippen LogP contribution < -0.4 is 0 Å². The van der Waals surface area contributed by atoms with E-state index in [-0.39, 0.29) is 12.5 Å². The SMILES string of the molecule is CCCC(C#N)C(=O)N(C)CCCCCO. The molecule has 0 rings (SSSR count). The quantitative estimate of drug-likeness (QED) is 0.639. The van der Waals surface area contributed by atoms with Crippen LogP contribution in [0.1, 0.15) is 39.0 Å². The molecule has 0 saturated heterocycles. The summed E-state index contributed by atoms with van der Waals surface area (Å²) in [5.74, 6) is -0.568. The molecule has 0 aliphatic carbocycles. The summed E-state index contributed by atoms with van der Waals surface area (Å²) in [5, 5.41) is 17.5. The van der Waals surface area contributed by atoms with Crippen LogP contribution in [0, 0.1) is 17.2 Å². The highest BCUT2D eigenvalue weighted by Crippen LogP contribution is 2.09. The van der Waals surface area contributed by atoms with E-state index in [0.29, 0.717) is 13.0 Å². The third kappa shape index (κ3) is 5.72. The summed E-state index contributed by atoms with van der Waals surface area (Å²) in [6.45, 7) is 2.84. The zero-order valence-corrected chi connectivity index (χ0v) is 10.3. The Morgan fingerprint density at radius 1 is 1.44 bits per heavy atom. The van der Waals surface area contributed by atoms with E-state index in [1.54, 1.807) is 11.9 Å². The van der Waals surface area contributed by atoms with Crippen molar-refractivity contribution in [3.05, 3.63) is 0 Å². The fraction of sp³-hybridized carbons (Fsp3) is 0.833. The van der Waals surface area contributed by atoms with Gasteiger partial charge in [0.25, 0.3) is 0 Å². The van der Waals surface area contributed by atoms with Gasteiger partial charge in [0.15, 0.2) is 0 Å². The van der Waals surface area contributed by atoms with Crippen molar-refractivity contribution < 1.29 is 9.90 Å². The number of carbonyl (C=O) groups excluding carboxylic acids is 1. The molecule has 92 valence electrons. The topological polar surface area (TPSA) is 64.3 Å². The number of unbranched alkanes of at least 4 members (excludes halogenated alkanes) is 2. The van der Waals surface area contributed by atoms with Crippen LogP contribution in [0.5, 0.6) is 0 Å². The van der Waals surface area contributed by atoms with Crippen molar-refractivity contribution >= 4 is 5.91 Å². The van der Waals surface area contributed by atoms with Crippen molar-refractivity contribution in [2.75, 3.05) is 20.2 Å². The third-order valence-electron chi connectivity index (χ3n) is 2.56. The van der Waals surface area contributed by atoms with Crippen LogP contribution in [0.15, 0.2) is 0 Å². The van der Waals surface area contributed by atoms with E-state index in [2.05, 4.69) is 6.07 Å². The molecule has 0 spiro atoms. The van der Waals surface area contributed by atoms with Crippen molar-refractivity contribution in [1.82, 2.24) is 4.90 Å². The molecule has 0 heterocycles. The minimum absolute atomic E-state index is 0.0756. The standard InChI is InChI=1S/C12H22N2O2/c1-3-7-11(10-13)12(16)14(2)8-5-4-6-9-15/h11,15H,3-9H2,1-2H3. The highest BCUT2D eigenvalue weighted by molar-refractivity contribution is 5.80. The van der Waals surface area contributed by atoms with Gasteiger partial charge in [0.2, 0.25) is 5.91 Å². The summed E-state index contributed by atoms with van der Waals surface area (Å²) in [6.07, 6.45) is 4.06. The van der Waals surface area contributed by atoms with Crippen LogP contribution >= 0.6 is 0 Å². The first-order valence-electron chi connectivity index (χ1n) is 5.92. The van der Waals surface area contributed by atoms with Crippen LogP contribution in [0.4, 0.5) is 0 Å². The lowest BCUT2D eigenvalue weighted by molar-refractivity contribution is -0.132. The molecular weight excluding hydrogens is 204 g/mol. The maximum Gasteiger partial charge on any atom is 0.239 e. The van der Waals surface area contributed by atoms with Gasteiger partial charge < -0.3 is 10.0 Å². The van der Waals surface area contributed by atoms with E-state index >= 15 is 0 Å². The Morgan fingerprint density at radius 2 is 2.12 bits per heavy atom. The van der Waals surface area contributed by atoms with Gasteiger partial charge in [-0.2, -0.15) is 5.26 Å². The van der Waals surface area contributed by atoms with Gasteiger partial charge in [-0.1, -0.05) is 13.3 Å². The van der Waals surface area contributed by atoms with Gasteiger partial charge in [-0.05, 0) is 25.7 Å². The van der Waals surface area contributed by atoms with Crippen molar-refractivity contribution in [2.45, 2.75) is 39.0 Å². The van der Waals surface area contributed by atoms with E-state index in [9.17, 15) is 4.79 Å². The molecule has 0 bridgehead atoms. The van der Waals surface area contributed by atoms with E-state index in [1.165, 1.54) is 0 Å². The number of hydrogen-bond acceptors (Lipinski definition) is 3. The first-order chi connectivity index (χ1) is 7.67. The fourth-order valence-corrected chi connectivity index (χ4v) is 1.55. The summed E-state index contributed by atoms with van der Waals surface area (Å²) >= 11 is 0. The van der Waals surface area contributed by atoms with Crippen LogP contribution in [-0.4, -0.2) is 36.1 Å².